The molecular weight excluding hydrogens is 223 g/mol. The van der Waals surface area contributed by atoms with E-state index in [2.05, 4.69) is 0 Å². The van der Waals surface area contributed by atoms with Crippen LogP contribution in [0.3, 0.4) is 0 Å². The standard InChI is InChI=1S/C10H12O3S.Na/c1-10(2)6-7-4-3-5-8(14(11)12)9(7)13-10;/h3-5H,6H2,1-2H3,(H,11,12);/q;+1/p-1. The van der Waals surface area contributed by atoms with E-state index in [1.54, 1.807) is 12.1 Å². The summed E-state index contributed by atoms with van der Waals surface area (Å²) in [5.41, 5.74) is 0.675. The molecule has 2 rings (SSSR count). The molecule has 1 aromatic rings. The van der Waals surface area contributed by atoms with Gasteiger partial charge in [-0.25, -0.2) is 0 Å². The van der Waals surface area contributed by atoms with E-state index in [1.165, 1.54) is 0 Å². The first-order valence-electron chi connectivity index (χ1n) is 4.40. The van der Waals surface area contributed by atoms with Gasteiger partial charge in [-0.2, -0.15) is 0 Å². The Morgan fingerprint density at radius 1 is 1.47 bits per heavy atom. The molecule has 1 aromatic carbocycles. The Labute approximate surface area is 114 Å². The summed E-state index contributed by atoms with van der Waals surface area (Å²) in [6.45, 7) is 3.90. The van der Waals surface area contributed by atoms with Crippen LogP contribution in [0.1, 0.15) is 19.4 Å². The van der Waals surface area contributed by atoms with Crippen LogP contribution in [0.25, 0.3) is 0 Å². The number of benzene rings is 1. The molecule has 0 amide bonds. The summed E-state index contributed by atoms with van der Waals surface area (Å²) in [6, 6.07) is 5.21. The maximum absolute atomic E-state index is 10.9. The van der Waals surface area contributed by atoms with Gasteiger partial charge >= 0.3 is 29.6 Å². The Bertz CT molecular complexity index is 404. The van der Waals surface area contributed by atoms with Gasteiger partial charge in [0.15, 0.2) is 0 Å². The van der Waals surface area contributed by atoms with Gasteiger partial charge < -0.3 is 9.29 Å². The van der Waals surface area contributed by atoms with E-state index in [1.807, 2.05) is 19.9 Å². The smallest absolute Gasteiger partial charge is 0.768 e. The van der Waals surface area contributed by atoms with E-state index < -0.39 is 11.1 Å². The molecule has 3 nitrogen and oxygen atoms in total. The first kappa shape index (κ1) is 13.2. The Balaban J connectivity index is 0.00000112. The number of rotatable bonds is 1. The molecule has 5 heteroatoms. The second kappa shape index (κ2) is 4.55. The topological polar surface area (TPSA) is 49.4 Å². The van der Waals surface area contributed by atoms with Crippen LogP contribution in [0.4, 0.5) is 0 Å². The molecule has 1 aliphatic rings. The normalized spacial score (nSPS) is 18.6. The van der Waals surface area contributed by atoms with Crippen molar-refractivity contribution in [1.82, 2.24) is 0 Å². The van der Waals surface area contributed by atoms with Crippen molar-refractivity contribution >= 4 is 11.1 Å². The summed E-state index contributed by atoms with van der Waals surface area (Å²) in [5.74, 6) is 0.519. The maximum atomic E-state index is 10.9. The van der Waals surface area contributed by atoms with Crippen molar-refractivity contribution in [1.29, 1.82) is 0 Å². The quantitative estimate of drug-likeness (QED) is 0.445. The average molecular weight is 234 g/mol. The molecule has 0 saturated heterocycles. The summed E-state index contributed by atoms with van der Waals surface area (Å²) in [6.07, 6.45) is 0.757. The molecule has 0 radical (unpaired) electrons. The van der Waals surface area contributed by atoms with Crippen molar-refractivity contribution in [3.63, 3.8) is 0 Å². The molecule has 0 N–H and O–H groups in total. The maximum Gasteiger partial charge on any atom is 1.00 e. The van der Waals surface area contributed by atoms with Crippen LogP contribution in [-0.4, -0.2) is 14.4 Å². The van der Waals surface area contributed by atoms with Crippen molar-refractivity contribution < 1.29 is 43.1 Å². The van der Waals surface area contributed by atoms with Gasteiger partial charge in [-0.05, 0) is 36.6 Å². The van der Waals surface area contributed by atoms with E-state index in [9.17, 15) is 8.76 Å². The molecule has 0 bridgehead atoms. The van der Waals surface area contributed by atoms with E-state index in [4.69, 9.17) is 4.74 Å². The minimum absolute atomic E-state index is 0. The van der Waals surface area contributed by atoms with Gasteiger partial charge in [-0.15, -0.1) is 0 Å². The number of para-hydroxylation sites is 1. The molecule has 1 aliphatic heterocycles. The fraction of sp³-hybridized carbons (Fsp3) is 0.400. The van der Waals surface area contributed by atoms with Gasteiger partial charge in [-0.3, -0.25) is 4.21 Å². The Hall–Kier alpha value is 0.130. The predicted octanol–water partition coefficient (Wildman–Crippen LogP) is -1.36. The third-order valence-corrected chi connectivity index (χ3v) is 2.92. The fourth-order valence-electron chi connectivity index (χ4n) is 1.72. The van der Waals surface area contributed by atoms with E-state index in [0.717, 1.165) is 12.0 Å². The molecule has 1 heterocycles. The Morgan fingerprint density at radius 2 is 2.13 bits per heavy atom. The van der Waals surface area contributed by atoms with Gasteiger partial charge in [0.2, 0.25) is 0 Å². The van der Waals surface area contributed by atoms with E-state index in [0.29, 0.717) is 5.75 Å². The molecule has 15 heavy (non-hydrogen) atoms. The van der Waals surface area contributed by atoms with Crippen molar-refractivity contribution in [2.45, 2.75) is 30.8 Å². The number of hydrogen-bond acceptors (Lipinski definition) is 3. The van der Waals surface area contributed by atoms with E-state index >= 15 is 0 Å². The second-order valence-electron chi connectivity index (χ2n) is 4.02. The van der Waals surface area contributed by atoms with Gasteiger partial charge in [0, 0.05) is 6.42 Å². The van der Waals surface area contributed by atoms with Crippen LogP contribution in [0.2, 0.25) is 0 Å². The van der Waals surface area contributed by atoms with Crippen LogP contribution in [-0.2, 0) is 17.5 Å². The zero-order valence-corrected chi connectivity index (χ0v) is 11.9. The Morgan fingerprint density at radius 3 is 2.73 bits per heavy atom. The predicted molar refractivity (Wildman–Crippen MR) is 52.0 cm³/mol. The summed E-state index contributed by atoms with van der Waals surface area (Å²) in [4.78, 5) is 0.257. The molecular formula is C10H11NaO3S. The molecule has 0 saturated carbocycles. The van der Waals surface area contributed by atoms with Crippen LogP contribution < -0.4 is 34.3 Å². The van der Waals surface area contributed by atoms with Crippen LogP contribution in [0.5, 0.6) is 5.75 Å². The minimum Gasteiger partial charge on any atom is -0.768 e. The van der Waals surface area contributed by atoms with Crippen LogP contribution in [0, 0.1) is 0 Å². The van der Waals surface area contributed by atoms with Crippen molar-refractivity contribution in [3.8, 4) is 5.75 Å². The first-order chi connectivity index (χ1) is 6.49. The largest absolute Gasteiger partial charge is 1.00 e. The molecule has 0 fully saturated rings. The van der Waals surface area contributed by atoms with Gasteiger partial charge in [0.05, 0.1) is 4.90 Å². The summed E-state index contributed by atoms with van der Waals surface area (Å²) >= 11 is -2.22. The summed E-state index contributed by atoms with van der Waals surface area (Å²) in [5, 5.41) is 0. The molecule has 76 valence electrons. The zero-order valence-electron chi connectivity index (χ0n) is 9.07. The fourth-order valence-corrected chi connectivity index (χ4v) is 2.23. The van der Waals surface area contributed by atoms with Crippen molar-refractivity contribution in [2.24, 2.45) is 0 Å². The molecule has 0 spiro atoms. The molecule has 1 atom stereocenters. The summed E-state index contributed by atoms with van der Waals surface area (Å²) in [7, 11) is 0. The van der Waals surface area contributed by atoms with Gasteiger partial charge in [-0.1, -0.05) is 12.1 Å². The number of hydrogen-bond donors (Lipinski definition) is 0. The summed E-state index contributed by atoms with van der Waals surface area (Å²) < 4.78 is 27.4. The zero-order chi connectivity index (χ0) is 10.3. The minimum atomic E-state index is -2.22. The van der Waals surface area contributed by atoms with E-state index in [-0.39, 0.29) is 40.1 Å². The second-order valence-corrected chi connectivity index (χ2v) is 4.93. The van der Waals surface area contributed by atoms with Crippen molar-refractivity contribution in [2.75, 3.05) is 0 Å². The third kappa shape index (κ3) is 2.63. The monoisotopic (exact) mass is 234 g/mol. The van der Waals surface area contributed by atoms with Crippen LogP contribution >= 0.6 is 0 Å². The third-order valence-electron chi connectivity index (χ3n) is 2.23. The van der Waals surface area contributed by atoms with Crippen LogP contribution in [0.15, 0.2) is 23.1 Å². The van der Waals surface area contributed by atoms with Gasteiger partial charge in [0.25, 0.3) is 0 Å². The van der Waals surface area contributed by atoms with Gasteiger partial charge in [0.1, 0.15) is 11.4 Å². The number of fused-ring (bicyclic) bond motifs is 1. The average Bonchev–Trinajstić information content (AvgIpc) is 2.36. The number of ether oxygens (including phenoxy) is 1. The Kier molecular flexibility index (Phi) is 4.01. The molecule has 1 unspecified atom stereocenters. The molecule has 0 aromatic heterocycles. The SMILES string of the molecule is CC1(C)Cc2cccc(S(=O)[O-])c2O1.[Na+]. The first-order valence-corrected chi connectivity index (χ1v) is 5.47. The van der Waals surface area contributed by atoms with Crippen molar-refractivity contribution in [3.05, 3.63) is 23.8 Å². The molecule has 0 aliphatic carbocycles.